The Balaban J connectivity index is 2.85. The van der Waals surface area contributed by atoms with Crippen molar-refractivity contribution in [2.75, 3.05) is 6.26 Å². The molecule has 1 rings (SSSR count). The zero-order valence-electron chi connectivity index (χ0n) is 6.78. The summed E-state index contributed by atoms with van der Waals surface area (Å²) >= 11 is 0. The largest absolute Gasteiger partial charge is 0.260 e. The van der Waals surface area contributed by atoms with E-state index in [1.165, 1.54) is 0 Å². The van der Waals surface area contributed by atoms with Gasteiger partial charge in [-0.15, -0.1) is 0 Å². The van der Waals surface area contributed by atoms with Crippen molar-refractivity contribution in [3.63, 3.8) is 0 Å². The van der Waals surface area contributed by atoms with Crippen LogP contribution in [0.15, 0.2) is 30.3 Å². The molecular formula is C8H10OS. The molecule has 2 heteroatoms. The van der Waals surface area contributed by atoms with Gasteiger partial charge in [0, 0.05) is 24.2 Å². The third-order valence-corrected chi connectivity index (χ3v) is 1.71. The van der Waals surface area contributed by atoms with Crippen LogP contribution in [0.3, 0.4) is 0 Å². The Hall–Kier alpha value is -0.630. The van der Waals surface area contributed by atoms with E-state index in [1.54, 1.807) is 6.26 Å². The Morgan fingerprint density at radius 3 is 2.60 bits per heavy atom. The highest BCUT2D eigenvalue weighted by Gasteiger charge is 1.91. The van der Waals surface area contributed by atoms with Gasteiger partial charge in [-0.2, -0.15) is 0 Å². The predicted octanol–water partition coefficient (Wildman–Crippen LogP) is 1.57. The molecule has 0 aliphatic heterocycles. The molecule has 0 heterocycles. The van der Waals surface area contributed by atoms with Crippen molar-refractivity contribution in [3.8, 4) is 0 Å². The van der Waals surface area contributed by atoms with Crippen LogP contribution in [0.1, 0.15) is 6.93 Å². The average molecular weight is 155 g/mol. The molecule has 0 spiro atoms. The smallest absolute Gasteiger partial charge is 0.0482 e. The van der Waals surface area contributed by atoms with Gasteiger partial charge in [0.25, 0.3) is 0 Å². The fourth-order valence-electron chi connectivity index (χ4n) is 0.723. The first-order valence-electron chi connectivity index (χ1n) is 3.59. The quantitative estimate of drug-likeness (QED) is 0.633. The van der Waals surface area contributed by atoms with Crippen LogP contribution < -0.4 is 0 Å². The minimum absolute atomic E-state index is 0.601. The summed E-state index contributed by atoms with van der Waals surface area (Å²) in [5, 5.41) is 0. The lowest BCUT2D eigenvalue weighted by atomic mass is 10.2. The molecule has 1 aromatic rings. The molecule has 0 aromatic heterocycles. The topological polar surface area (TPSA) is 17.1 Å². The van der Waals surface area contributed by atoms with Gasteiger partial charge >= 0.3 is 0 Å². The Kier molecular flexibility index (Phi) is 2.15. The van der Waals surface area contributed by atoms with Gasteiger partial charge in [-0.05, 0) is 5.56 Å². The van der Waals surface area contributed by atoms with Crippen molar-refractivity contribution in [1.82, 2.24) is 0 Å². The van der Waals surface area contributed by atoms with Crippen LogP contribution in [-0.2, 0) is 16.5 Å². The summed E-state index contributed by atoms with van der Waals surface area (Å²) < 4.78 is 18.3. The molecule has 10 heavy (non-hydrogen) atoms. The van der Waals surface area contributed by atoms with Gasteiger partial charge in [-0.1, -0.05) is 30.3 Å². The summed E-state index contributed by atoms with van der Waals surface area (Å²) in [4.78, 5) is 0. The van der Waals surface area contributed by atoms with Crippen LogP contribution in [-0.4, -0.2) is 10.5 Å². The molecular weight excluding hydrogens is 144 g/mol. The van der Waals surface area contributed by atoms with Crippen molar-refractivity contribution in [2.45, 2.75) is 5.73 Å². The summed E-state index contributed by atoms with van der Waals surface area (Å²) in [7, 11) is -1.09. The lowest BCUT2D eigenvalue weighted by Crippen LogP contribution is -1.90. The minimum atomic E-state index is -1.09. The van der Waals surface area contributed by atoms with Crippen LogP contribution in [0.25, 0.3) is 0 Å². The maximum atomic E-state index is 10.9. The third kappa shape index (κ3) is 2.31. The number of hydrogen-bond acceptors (Lipinski definition) is 1. The second-order valence-corrected chi connectivity index (χ2v) is 3.26. The van der Waals surface area contributed by atoms with E-state index in [4.69, 9.17) is 1.37 Å². The molecule has 0 aliphatic rings. The Labute approximate surface area is 64.9 Å². The van der Waals surface area contributed by atoms with Crippen molar-refractivity contribution < 1.29 is 5.58 Å². The summed E-state index contributed by atoms with van der Waals surface area (Å²) in [6.07, 6.45) is 1.55. The summed E-state index contributed by atoms with van der Waals surface area (Å²) in [6, 6.07) is 9.22. The molecule has 0 amide bonds. The molecule has 2 atom stereocenters. The second-order valence-electron chi connectivity index (χ2n) is 2.03. The molecule has 0 aliphatic carbocycles. The van der Waals surface area contributed by atoms with Crippen molar-refractivity contribution >= 4 is 10.8 Å². The lowest BCUT2D eigenvalue weighted by molar-refractivity contribution is 0.686. The Morgan fingerprint density at radius 2 is 2.10 bits per heavy atom. The fourth-order valence-corrected chi connectivity index (χ4v) is 1.26. The summed E-state index contributed by atoms with van der Waals surface area (Å²) in [5.74, 6) is 0. The van der Waals surface area contributed by atoms with E-state index in [-0.39, 0.29) is 0 Å². The molecule has 0 saturated carbocycles. The van der Waals surface area contributed by atoms with E-state index in [2.05, 4.69) is 0 Å². The third-order valence-electron chi connectivity index (χ3n) is 1.10. The van der Waals surface area contributed by atoms with E-state index < -0.39 is 16.5 Å². The highest BCUT2D eigenvalue weighted by Crippen LogP contribution is 2.00. The average Bonchev–Trinajstić information content (AvgIpc) is 2.05. The Bertz CT molecular complexity index is 248. The summed E-state index contributed by atoms with van der Waals surface area (Å²) in [5.41, 5.74) is 0.213. The number of hydrogen-bond donors (Lipinski definition) is 0. The first-order valence-corrected chi connectivity index (χ1v) is 4.63. The first kappa shape index (κ1) is 6.10. The van der Waals surface area contributed by atoms with Gasteiger partial charge in [0.15, 0.2) is 0 Å². The highest BCUT2D eigenvalue weighted by atomic mass is 32.2. The van der Waals surface area contributed by atoms with Gasteiger partial charge in [0.05, 0.1) is 0 Å². The highest BCUT2D eigenvalue weighted by molar-refractivity contribution is 7.83. The van der Waals surface area contributed by atoms with Crippen LogP contribution in [0, 0.1) is 0 Å². The van der Waals surface area contributed by atoms with Crippen LogP contribution in [0.4, 0.5) is 0 Å². The zero-order chi connectivity index (χ0) is 8.27. The van der Waals surface area contributed by atoms with E-state index >= 15 is 0 Å². The molecule has 0 saturated heterocycles. The number of benzene rings is 1. The van der Waals surface area contributed by atoms with Crippen molar-refractivity contribution in [1.29, 1.82) is 0 Å². The van der Waals surface area contributed by atoms with E-state index in [9.17, 15) is 4.21 Å². The Morgan fingerprint density at radius 1 is 1.50 bits per heavy atom. The maximum Gasteiger partial charge on any atom is 0.0482 e. The molecule has 1 unspecified atom stereocenters. The lowest BCUT2D eigenvalue weighted by Gasteiger charge is -1.94. The van der Waals surface area contributed by atoms with Crippen LogP contribution in [0.5, 0.6) is 0 Å². The second kappa shape index (κ2) is 3.52. The zero-order valence-corrected chi connectivity index (χ0v) is 6.60. The molecule has 0 fully saturated rings. The van der Waals surface area contributed by atoms with E-state index in [0.717, 1.165) is 5.56 Å². The van der Waals surface area contributed by atoms with Crippen LogP contribution >= 0.6 is 0 Å². The normalized spacial score (nSPS) is 17.5. The number of rotatable bonds is 2. The van der Waals surface area contributed by atoms with Crippen molar-refractivity contribution in [3.05, 3.63) is 35.9 Å². The first-order chi connectivity index (χ1) is 5.22. The van der Waals surface area contributed by atoms with E-state index in [1.807, 2.05) is 30.3 Å². The standard InChI is InChI=1S/C8H10OS/c1-10(9)7-8-5-3-2-4-6-8/h2-6H,7H2,1H3/i7D/t7-,10?/m0/s1. The fraction of sp³-hybridized carbons (Fsp3) is 0.250. The van der Waals surface area contributed by atoms with Crippen molar-refractivity contribution in [2.24, 2.45) is 0 Å². The van der Waals surface area contributed by atoms with Gasteiger partial charge in [0.1, 0.15) is 0 Å². The SMILES string of the molecule is [2H][C@@H](c1ccccc1)S(C)=O. The van der Waals surface area contributed by atoms with Gasteiger partial charge in [-0.3, -0.25) is 4.21 Å². The molecule has 1 nitrogen and oxygen atoms in total. The molecule has 0 N–H and O–H groups in total. The molecule has 0 bridgehead atoms. The predicted molar refractivity (Wildman–Crippen MR) is 44.2 cm³/mol. The van der Waals surface area contributed by atoms with Crippen LogP contribution in [0.2, 0.25) is 0 Å². The van der Waals surface area contributed by atoms with Gasteiger partial charge in [-0.25, -0.2) is 0 Å². The molecule has 54 valence electrons. The van der Waals surface area contributed by atoms with E-state index in [0.29, 0.717) is 0 Å². The molecule has 1 aromatic carbocycles. The van der Waals surface area contributed by atoms with Gasteiger partial charge in [0.2, 0.25) is 0 Å². The van der Waals surface area contributed by atoms with Gasteiger partial charge < -0.3 is 0 Å². The maximum absolute atomic E-state index is 10.9. The minimum Gasteiger partial charge on any atom is -0.260 e. The monoisotopic (exact) mass is 155 g/mol. The summed E-state index contributed by atoms with van der Waals surface area (Å²) in [6.45, 7) is 0. The molecule has 0 radical (unpaired) electrons.